The Labute approximate surface area is 135 Å². The smallest absolute Gasteiger partial charge is 0.246 e. The van der Waals surface area contributed by atoms with Gasteiger partial charge >= 0.3 is 0 Å². The van der Waals surface area contributed by atoms with Crippen LogP contribution in [0.4, 0.5) is 5.69 Å². The fourth-order valence-corrected chi connectivity index (χ4v) is 3.10. The maximum atomic E-state index is 12.5. The molecule has 4 rings (SSSR count). The lowest BCUT2D eigenvalue weighted by Crippen LogP contribution is -2.31. The summed E-state index contributed by atoms with van der Waals surface area (Å²) in [5.74, 6) is 0.136. The molecule has 0 unspecified atom stereocenters. The van der Waals surface area contributed by atoms with Crippen molar-refractivity contribution in [3.8, 4) is 11.1 Å². The van der Waals surface area contributed by atoms with Crippen LogP contribution >= 0.6 is 0 Å². The molecule has 0 saturated heterocycles. The molecule has 1 aromatic carbocycles. The van der Waals surface area contributed by atoms with Gasteiger partial charge in [-0.25, -0.2) is 0 Å². The first-order valence-corrected chi connectivity index (χ1v) is 7.76. The number of anilines is 1. The summed E-state index contributed by atoms with van der Waals surface area (Å²) in [7, 11) is 0. The van der Waals surface area contributed by atoms with Crippen molar-refractivity contribution in [3.63, 3.8) is 0 Å². The zero-order valence-electron chi connectivity index (χ0n) is 12.7. The van der Waals surface area contributed by atoms with Crippen LogP contribution in [0, 0.1) is 0 Å². The van der Waals surface area contributed by atoms with Crippen molar-refractivity contribution in [1.29, 1.82) is 0 Å². The minimum Gasteiger partial charge on any atom is -0.345 e. The fraction of sp³-hybridized carbons (Fsp3) is 0.158. The van der Waals surface area contributed by atoms with Gasteiger partial charge in [0.2, 0.25) is 5.91 Å². The molecule has 0 radical (unpaired) electrons. The summed E-state index contributed by atoms with van der Waals surface area (Å²) < 4.78 is 1.91. The number of hydrogen-bond donors (Lipinski definition) is 0. The molecule has 23 heavy (non-hydrogen) atoms. The molecule has 4 nitrogen and oxygen atoms in total. The molecule has 3 heterocycles. The van der Waals surface area contributed by atoms with Crippen LogP contribution in [0.25, 0.3) is 11.1 Å². The molecule has 1 aliphatic rings. The van der Waals surface area contributed by atoms with Crippen molar-refractivity contribution in [2.45, 2.75) is 13.0 Å². The summed E-state index contributed by atoms with van der Waals surface area (Å²) in [6.07, 6.45) is 8.35. The van der Waals surface area contributed by atoms with Gasteiger partial charge in [-0.3, -0.25) is 9.78 Å². The van der Waals surface area contributed by atoms with Gasteiger partial charge in [0, 0.05) is 37.0 Å². The Morgan fingerprint density at radius 3 is 2.61 bits per heavy atom. The summed E-state index contributed by atoms with van der Waals surface area (Å²) in [4.78, 5) is 18.5. The highest BCUT2D eigenvalue weighted by Crippen LogP contribution is 2.32. The molecule has 0 fully saturated rings. The molecular weight excluding hydrogens is 286 g/mol. The number of nitrogens with zero attached hydrogens (tertiary/aromatic N) is 3. The van der Waals surface area contributed by atoms with Gasteiger partial charge in [-0.1, -0.05) is 6.07 Å². The average Bonchev–Trinajstić information content (AvgIpc) is 3.24. The lowest BCUT2D eigenvalue weighted by atomic mass is 10.0. The van der Waals surface area contributed by atoms with Crippen molar-refractivity contribution in [3.05, 3.63) is 72.8 Å². The minimum atomic E-state index is 0.136. The van der Waals surface area contributed by atoms with Gasteiger partial charge in [-0.2, -0.15) is 0 Å². The number of carbonyl (C=O) groups is 1. The van der Waals surface area contributed by atoms with E-state index in [2.05, 4.69) is 23.2 Å². The number of pyridine rings is 1. The molecule has 0 saturated carbocycles. The Morgan fingerprint density at radius 2 is 1.83 bits per heavy atom. The Balaban J connectivity index is 1.59. The van der Waals surface area contributed by atoms with Crippen molar-refractivity contribution < 1.29 is 4.79 Å². The average molecular weight is 303 g/mol. The van der Waals surface area contributed by atoms with Crippen LogP contribution in [0.3, 0.4) is 0 Å². The van der Waals surface area contributed by atoms with Gasteiger partial charge in [0.05, 0.1) is 0 Å². The second-order valence-electron chi connectivity index (χ2n) is 5.73. The van der Waals surface area contributed by atoms with Crippen LogP contribution in [-0.2, 0) is 17.8 Å². The number of benzene rings is 1. The Hall–Kier alpha value is -2.88. The topological polar surface area (TPSA) is 38.1 Å². The molecule has 0 atom stereocenters. The molecular formula is C19H17N3O. The summed E-state index contributed by atoms with van der Waals surface area (Å²) in [5, 5.41) is 0. The maximum Gasteiger partial charge on any atom is 0.246 e. The number of hydrogen-bond acceptors (Lipinski definition) is 2. The van der Waals surface area contributed by atoms with Crippen molar-refractivity contribution in [2.75, 3.05) is 11.4 Å². The van der Waals surface area contributed by atoms with E-state index in [0.29, 0.717) is 6.54 Å². The lowest BCUT2D eigenvalue weighted by molar-refractivity contribution is -0.119. The predicted molar refractivity (Wildman–Crippen MR) is 90.2 cm³/mol. The second kappa shape index (κ2) is 5.72. The molecule has 0 aliphatic carbocycles. The number of rotatable bonds is 3. The Kier molecular flexibility index (Phi) is 3.42. The van der Waals surface area contributed by atoms with E-state index >= 15 is 0 Å². The molecule has 1 aliphatic heterocycles. The summed E-state index contributed by atoms with van der Waals surface area (Å²) in [5.41, 5.74) is 4.60. The first kappa shape index (κ1) is 13.8. The van der Waals surface area contributed by atoms with Crippen molar-refractivity contribution >= 4 is 11.6 Å². The third-order valence-corrected chi connectivity index (χ3v) is 4.27. The predicted octanol–water partition coefficient (Wildman–Crippen LogP) is 3.14. The monoisotopic (exact) mass is 303 g/mol. The third kappa shape index (κ3) is 2.63. The Bertz CT molecular complexity index is 825. The maximum absolute atomic E-state index is 12.5. The van der Waals surface area contributed by atoms with E-state index in [9.17, 15) is 4.79 Å². The van der Waals surface area contributed by atoms with Crippen LogP contribution in [-0.4, -0.2) is 22.0 Å². The number of amides is 1. The van der Waals surface area contributed by atoms with Crippen LogP contribution in [0.5, 0.6) is 0 Å². The number of fused-ring (bicyclic) bond motifs is 1. The quantitative estimate of drug-likeness (QED) is 0.745. The first-order chi connectivity index (χ1) is 11.3. The number of aromatic nitrogens is 2. The highest BCUT2D eigenvalue weighted by Gasteiger charge is 2.24. The van der Waals surface area contributed by atoms with Gasteiger partial charge in [0.25, 0.3) is 0 Å². The van der Waals surface area contributed by atoms with Gasteiger partial charge in [0.1, 0.15) is 6.54 Å². The summed E-state index contributed by atoms with van der Waals surface area (Å²) in [6, 6.07) is 14.2. The van der Waals surface area contributed by atoms with Crippen LogP contribution in [0.1, 0.15) is 5.56 Å². The van der Waals surface area contributed by atoms with E-state index < -0.39 is 0 Å². The van der Waals surface area contributed by atoms with Crippen molar-refractivity contribution in [1.82, 2.24) is 9.55 Å². The zero-order chi connectivity index (χ0) is 15.6. The summed E-state index contributed by atoms with van der Waals surface area (Å²) in [6.45, 7) is 1.15. The molecule has 114 valence electrons. The molecule has 0 bridgehead atoms. The van der Waals surface area contributed by atoms with E-state index in [1.165, 1.54) is 11.1 Å². The number of carbonyl (C=O) groups excluding carboxylic acids is 1. The van der Waals surface area contributed by atoms with Crippen LogP contribution in [0.15, 0.2) is 67.3 Å². The largest absolute Gasteiger partial charge is 0.345 e. The van der Waals surface area contributed by atoms with E-state index in [4.69, 9.17) is 0 Å². The minimum absolute atomic E-state index is 0.136. The second-order valence-corrected chi connectivity index (χ2v) is 5.73. The van der Waals surface area contributed by atoms with E-state index in [1.54, 1.807) is 12.4 Å². The first-order valence-electron chi connectivity index (χ1n) is 7.76. The summed E-state index contributed by atoms with van der Waals surface area (Å²) >= 11 is 0. The normalized spacial score (nSPS) is 13.1. The standard InChI is InChI=1S/C19H17N3O/c23-19(14-21-10-1-2-11-21)22-12-7-17-13-16(3-4-18(17)22)15-5-8-20-9-6-15/h1-6,8-11,13H,7,12,14H2. The van der Waals surface area contributed by atoms with Crippen LogP contribution < -0.4 is 4.90 Å². The molecule has 0 spiro atoms. The molecule has 1 amide bonds. The third-order valence-electron chi connectivity index (χ3n) is 4.27. The molecule has 0 N–H and O–H groups in total. The fourth-order valence-electron chi connectivity index (χ4n) is 3.10. The van der Waals surface area contributed by atoms with Gasteiger partial charge in [-0.05, 0) is 59.5 Å². The Morgan fingerprint density at radius 1 is 1.04 bits per heavy atom. The van der Waals surface area contributed by atoms with Crippen molar-refractivity contribution in [2.24, 2.45) is 0 Å². The highest BCUT2D eigenvalue weighted by molar-refractivity contribution is 5.95. The molecule has 2 aromatic heterocycles. The van der Waals surface area contributed by atoms with E-state index in [0.717, 1.165) is 24.2 Å². The molecule has 3 aromatic rings. The highest BCUT2D eigenvalue weighted by atomic mass is 16.2. The van der Waals surface area contributed by atoms with Crippen LogP contribution in [0.2, 0.25) is 0 Å². The van der Waals surface area contributed by atoms with Gasteiger partial charge in [-0.15, -0.1) is 0 Å². The zero-order valence-corrected chi connectivity index (χ0v) is 12.7. The van der Waals surface area contributed by atoms with Gasteiger partial charge in [0.15, 0.2) is 0 Å². The SMILES string of the molecule is O=C(Cn1cccc1)N1CCc2cc(-c3ccncc3)ccc21. The van der Waals surface area contributed by atoms with E-state index in [-0.39, 0.29) is 5.91 Å². The lowest BCUT2D eigenvalue weighted by Gasteiger charge is -2.18. The molecule has 4 heteroatoms. The van der Waals surface area contributed by atoms with E-state index in [1.807, 2.05) is 46.1 Å². The van der Waals surface area contributed by atoms with Gasteiger partial charge < -0.3 is 9.47 Å².